The smallest absolute Gasteiger partial charge is 0.240 e. The molecule has 0 radical (unpaired) electrons. The maximum absolute atomic E-state index is 12.3. The zero-order chi connectivity index (χ0) is 18.0. The van der Waals surface area contributed by atoms with Gasteiger partial charge in [-0.1, -0.05) is 36.7 Å². The van der Waals surface area contributed by atoms with Crippen molar-refractivity contribution >= 4 is 33.2 Å². The number of carbonyl (C=O) groups is 1. The van der Waals surface area contributed by atoms with Crippen molar-refractivity contribution in [2.75, 3.05) is 11.4 Å². The number of nitrogens with zero attached hydrogens (tertiary/aromatic N) is 1. The van der Waals surface area contributed by atoms with Crippen LogP contribution in [0.15, 0.2) is 47.4 Å². The van der Waals surface area contributed by atoms with Gasteiger partial charge in [0.25, 0.3) is 0 Å². The Morgan fingerprint density at radius 2 is 2.04 bits per heavy atom. The molecule has 0 saturated heterocycles. The van der Waals surface area contributed by atoms with Crippen LogP contribution in [0, 0.1) is 0 Å². The molecule has 1 amide bonds. The van der Waals surface area contributed by atoms with Crippen LogP contribution in [-0.4, -0.2) is 20.9 Å². The van der Waals surface area contributed by atoms with Crippen molar-refractivity contribution in [2.24, 2.45) is 0 Å². The van der Waals surface area contributed by atoms with Crippen molar-refractivity contribution in [3.63, 3.8) is 0 Å². The Balaban J connectivity index is 1.74. The van der Waals surface area contributed by atoms with Gasteiger partial charge >= 0.3 is 0 Å². The van der Waals surface area contributed by atoms with E-state index in [1.165, 1.54) is 12.1 Å². The van der Waals surface area contributed by atoms with Gasteiger partial charge < -0.3 is 4.90 Å². The van der Waals surface area contributed by atoms with Crippen LogP contribution in [0.2, 0.25) is 5.02 Å². The van der Waals surface area contributed by atoms with E-state index < -0.39 is 10.0 Å². The largest absolute Gasteiger partial charge is 0.312 e. The lowest BCUT2D eigenvalue weighted by atomic mass is 10.1. The molecule has 1 aliphatic rings. The van der Waals surface area contributed by atoms with E-state index >= 15 is 0 Å². The predicted molar refractivity (Wildman–Crippen MR) is 98.3 cm³/mol. The maximum Gasteiger partial charge on any atom is 0.240 e. The molecule has 0 spiro atoms. The molecular formula is C18H19ClN2O3S. The molecule has 0 unspecified atom stereocenters. The number of sulfonamides is 1. The molecule has 0 aliphatic carbocycles. The van der Waals surface area contributed by atoms with Gasteiger partial charge in [0.15, 0.2) is 0 Å². The van der Waals surface area contributed by atoms with E-state index in [0.717, 1.165) is 23.2 Å². The van der Waals surface area contributed by atoms with Crippen LogP contribution in [0.25, 0.3) is 0 Å². The third kappa shape index (κ3) is 3.86. The van der Waals surface area contributed by atoms with Crippen LogP contribution in [0.3, 0.4) is 0 Å². The number of fused-ring (bicyclic) bond motifs is 1. The summed E-state index contributed by atoms with van der Waals surface area (Å²) in [6, 6.07) is 11.8. The summed E-state index contributed by atoms with van der Waals surface area (Å²) in [5.74, 6) is 0.105. The van der Waals surface area contributed by atoms with Gasteiger partial charge in [0, 0.05) is 30.2 Å². The predicted octanol–water partition coefficient (Wildman–Crippen LogP) is 3.12. The number of anilines is 1. The number of halogens is 1. The van der Waals surface area contributed by atoms with Crippen LogP contribution in [0.4, 0.5) is 5.69 Å². The summed E-state index contributed by atoms with van der Waals surface area (Å²) >= 11 is 5.86. The highest BCUT2D eigenvalue weighted by Gasteiger charge is 2.23. The van der Waals surface area contributed by atoms with E-state index in [1.54, 1.807) is 17.0 Å². The van der Waals surface area contributed by atoms with E-state index in [4.69, 9.17) is 11.6 Å². The summed E-state index contributed by atoms with van der Waals surface area (Å²) in [7, 11) is -3.62. The zero-order valence-corrected chi connectivity index (χ0v) is 15.4. The molecule has 7 heteroatoms. The normalized spacial score (nSPS) is 13.8. The van der Waals surface area contributed by atoms with E-state index in [-0.39, 0.29) is 17.3 Å². The molecule has 0 fully saturated rings. The van der Waals surface area contributed by atoms with Crippen molar-refractivity contribution in [3.8, 4) is 0 Å². The Bertz CT molecular complexity index is 912. The van der Waals surface area contributed by atoms with Gasteiger partial charge in [-0.05, 0) is 41.8 Å². The second-order valence-corrected chi connectivity index (χ2v) is 8.10. The number of hydrogen-bond donors (Lipinski definition) is 1. The molecule has 0 aromatic heterocycles. The van der Waals surface area contributed by atoms with Crippen molar-refractivity contribution in [2.45, 2.75) is 31.2 Å². The summed E-state index contributed by atoms with van der Waals surface area (Å²) in [4.78, 5) is 13.9. The fourth-order valence-corrected chi connectivity index (χ4v) is 4.23. The van der Waals surface area contributed by atoms with Crippen LogP contribution >= 0.6 is 11.6 Å². The number of nitrogens with one attached hydrogen (secondary N) is 1. The van der Waals surface area contributed by atoms with E-state index in [9.17, 15) is 13.2 Å². The highest BCUT2D eigenvalue weighted by Crippen LogP contribution is 2.29. The minimum absolute atomic E-state index is 0.105. The Hall–Kier alpha value is -1.89. The molecule has 25 heavy (non-hydrogen) atoms. The van der Waals surface area contributed by atoms with Crippen molar-refractivity contribution in [1.82, 2.24) is 4.72 Å². The average Bonchev–Trinajstić information content (AvgIpc) is 3.02. The maximum atomic E-state index is 12.3. The first-order chi connectivity index (χ1) is 11.9. The van der Waals surface area contributed by atoms with Gasteiger partial charge in [-0.3, -0.25) is 4.79 Å². The molecule has 1 N–H and O–H groups in total. The topological polar surface area (TPSA) is 66.5 Å². The molecule has 2 aromatic rings. The van der Waals surface area contributed by atoms with E-state index in [2.05, 4.69) is 4.72 Å². The van der Waals surface area contributed by atoms with Gasteiger partial charge in [-0.25, -0.2) is 13.1 Å². The average molecular weight is 379 g/mol. The molecule has 5 nitrogen and oxygen atoms in total. The van der Waals surface area contributed by atoms with E-state index in [0.29, 0.717) is 18.0 Å². The number of rotatable bonds is 5. The number of benzene rings is 2. The fraction of sp³-hybridized carbons (Fsp3) is 0.278. The van der Waals surface area contributed by atoms with Crippen molar-refractivity contribution in [1.29, 1.82) is 0 Å². The molecule has 0 atom stereocenters. The fourth-order valence-electron chi connectivity index (χ4n) is 2.91. The van der Waals surface area contributed by atoms with Crippen molar-refractivity contribution in [3.05, 3.63) is 58.6 Å². The summed E-state index contributed by atoms with van der Waals surface area (Å²) in [5, 5.41) is 0.376. The van der Waals surface area contributed by atoms with Crippen LogP contribution in [0.1, 0.15) is 24.5 Å². The molecule has 2 aromatic carbocycles. The second kappa shape index (κ2) is 7.15. The minimum atomic E-state index is -3.62. The number of carbonyl (C=O) groups excluding carboxylic acids is 1. The Kier molecular flexibility index (Phi) is 5.13. The van der Waals surface area contributed by atoms with Gasteiger partial charge in [0.05, 0.1) is 4.90 Å². The van der Waals surface area contributed by atoms with Crippen LogP contribution in [-0.2, 0) is 27.8 Å². The highest BCUT2D eigenvalue weighted by molar-refractivity contribution is 7.89. The monoisotopic (exact) mass is 378 g/mol. The Morgan fingerprint density at radius 3 is 2.76 bits per heavy atom. The first-order valence-corrected chi connectivity index (χ1v) is 9.94. The summed E-state index contributed by atoms with van der Waals surface area (Å²) < 4.78 is 27.3. The Morgan fingerprint density at radius 1 is 1.24 bits per heavy atom. The van der Waals surface area contributed by atoms with Gasteiger partial charge in [0.1, 0.15) is 0 Å². The second-order valence-electron chi connectivity index (χ2n) is 5.89. The lowest BCUT2D eigenvalue weighted by molar-refractivity contribution is -0.118. The molecule has 0 bridgehead atoms. The summed E-state index contributed by atoms with van der Waals surface area (Å²) in [5.41, 5.74) is 2.85. The zero-order valence-electron chi connectivity index (χ0n) is 13.8. The molecule has 3 rings (SSSR count). The molecule has 0 saturated carbocycles. The SMILES string of the molecule is CCC(=O)N1CCc2cc(CNS(=O)(=O)c3cccc(Cl)c3)ccc21. The summed E-state index contributed by atoms with van der Waals surface area (Å²) in [6.45, 7) is 2.71. The molecule has 1 heterocycles. The van der Waals surface area contributed by atoms with Crippen molar-refractivity contribution < 1.29 is 13.2 Å². The van der Waals surface area contributed by atoms with Gasteiger partial charge in [-0.2, -0.15) is 0 Å². The van der Waals surface area contributed by atoms with Gasteiger partial charge in [-0.15, -0.1) is 0 Å². The standard InChI is InChI=1S/C18H19ClN2O3S/c1-2-18(22)21-9-8-14-10-13(6-7-17(14)21)12-20-25(23,24)16-5-3-4-15(19)11-16/h3-7,10-11,20H,2,8-9,12H2,1H3. The minimum Gasteiger partial charge on any atom is -0.312 e. The lowest BCUT2D eigenvalue weighted by Crippen LogP contribution is -2.27. The third-order valence-electron chi connectivity index (χ3n) is 4.22. The molecule has 132 valence electrons. The third-order valence-corrected chi connectivity index (χ3v) is 5.85. The first kappa shape index (κ1) is 17.9. The Labute approximate surface area is 152 Å². The van der Waals surface area contributed by atoms with Crippen LogP contribution in [0.5, 0.6) is 0 Å². The number of amides is 1. The van der Waals surface area contributed by atoms with Crippen LogP contribution < -0.4 is 9.62 Å². The van der Waals surface area contributed by atoms with Gasteiger partial charge in [0.2, 0.25) is 15.9 Å². The first-order valence-electron chi connectivity index (χ1n) is 8.08. The molecule has 1 aliphatic heterocycles. The summed E-state index contributed by atoms with van der Waals surface area (Å²) in [6.07, 6.45) is 1.26. The lowest BCUT2D eigenvalue weighted by Gasteiger charge is -2.16. The quantitative estimate of drug-likeness (QED) is 0.869. The van der Waals surface area contributed by atoms with E-state index in [1.807, 2.05) is 25.1 Å². The highest BCUT2D eigenvalue weighted by atomic mass is 35.5. The number of hydrogen-bond acceptors (Lipinski definition) is 3. The molecular weight excluding hydrogens is 360 g/mol.